The van der Waals surface area contributed by atoms with Crippen molar-refractivity contribution in [2.24, 2.45) is 0 Å². The quantitative estimate of drug-likeness (QED) is 0.607. The summed E-state index contributed by atoms with van der Waals surface area (Å²) in [6.45, 7) is 0.185. The maximum absolute atomic E-state index is 11.6. The molecule has 1 amide bonds. The normalized spacial score (nSPS) is 14.4. The molecular formula is C11H15N7O. The van der Waals surface area contributed by atoms with Gasteiger partial charge in [0.1, 0.15) is 5.52 Å². The number of imidazole rings is 1. The van der Waals surface area contributed by atoms with Crippen molar-refractivity contribution < 1.29 is 4.79 Å². The van der Waals surface area contributed by atoms with E-state index in [-0.39, 0.29) is 12.5 Å². The minimum Gasteiger partial charge on any atom is -0.359 e. The third-order valence-electron chi connectivity index (χ3n) is 2.87. The topological polar surface area (TPSA) is 108 Å². The lowest BCUT2D eigenvalue weighted by atomic mass is 10.4. The molecule has 0 saturated heterocycles. The predicted octanol–water partition coefficient (Wildman–Crippen LogP) is 0.0851. The Morgan fingerprint density at radius 3 is 3.05 bits per heavy atom. The average molecular weight is 261 g/mol. The van der Waals surface area contributed by atoms with Gasteiger partial charge in [0, 0.05) is 13.1 Å². The van der Waals surface area contributed by atoms with Crippen LogP contribution < -0.4 is 16.0 Å². The largest absolute Gasteiger partial charge is 0.359 e. The number of aromatic nitrogens is 4. The van der Waals surface area contributed by atoms with Crippen LogP contribution in [0.4, 0.5) is 11.8 Å². The highest BCUT2D eigenvalue weighted by Gasteiger charge is 2.23. The van der Waals surface area contributed by atoms with Gasteiger partial charge in [-0.2, -0.15) is 9.97 Å². The zero-order valence-corrected chi connectivity index (χ0v) is 10.5. The van der Waals surface area contributed by atoms with Crippen molar-refractivity contribution in [3.8, 4) is 0 Å². The summed E-state index contributed by atoms with van der Waals surface area (Å²) < 4.78 is 0. The zero-order valence-electron chi connectivity index (χ0n) is 10.5. The van der Waals surface area contributed by atoms with Crippen molar-refractivity contribution in [1.82, 2.24) is 25.3 Å². The summed E-state index contributed by atoms with van der Waals surface area (Å²) in [5.41, 5.74) is 1.25. The molecule has 0 atom stereocenters. The SMILES string of the molecule is CNc1nc(NCC(=O)NC2CC2)c2[nH]cnc2n1. The van der Waals surface area contributed by atoms with Gasteiger partial charge in [0.15, 0.2) is 11.5 Å². The van der Waals surface area contributed by atoms with Crippen LogP contribution in [0.15, 0.2) is 6.33 Å². The van der Waals surface area contributed by atoms with E-state index in [1.54, 1.807) is 13.4 Å². The Morgan fingerprint density at radius 1 is 1.47 bits per heavy atom. The van der Waals surface area contributed by atoms with Gasteiger partial charge in [-0.15, -0.1) is 0 Å². The maximum atomic E-state index is 11.6. The van der Waals surface area contributed by atoms with Crippen LogP contribution >= 0.6 is 0 Å². The number of nitrogens with one attached hydrogen (secondary N) is 4. The first kappa shape index (κ1) is 11.7. The van der Waals surface area contributed by atoms with E-state index in [2.05, 4.69) is 35.9 Å². The zero-order chi connectivity index (χ0) is 13.2. The van der Waals surface area contributed by atoms with Gasteiger partial charge < -0.3 is 20.9 Å². The minimum atomic E-state index is -0.0280. The summed E-state index contributed by atoms with van der Waals surface area (Å²) in [6, 6.07) is 0.361. The molecule has 19 heavy (non-hydrogen) atoms. The molecule has 1 aliphatic rings. The third kappa shape index (κ3) is 2.56. The van der Waals surface area contributed by atoms with Gasteiger partial charge in [-0.1, -0.05) is 0 Å². The van der Waals surface area contributed by atoms with Crippen LogP contribution in [0.3, 0.4) is 0 Å². The van der Waals surface area contributed by atoms with Crippen molar-refractivity contribution in [2.45, 2.75) is 18.9 Å². The third-order valence-corrected chi connectivity index (χ3v) is 2.87. The Labute approximate surface area is 109 Å². The van der Waals surface area contributed by atoms with Crippen LogP contribution in [0.25, 0.3) is 11.2 Å². The highest BCUT2D eigenvalue weighted by Crippen LogP contribution is 2.19. The number of hydrogen-bond donors (Lipinski definition) is 4. The Kier molecular flexibility index (Phi) is 2.90. The van der Waals surface area contributed by atoms with E-state index in [0.717, 1.165) is 12.8 Å². The summed E-state index contributed by atoms with van der Waals surface area (Å²) in [6.07, 6.45) is 3.70. The van der Waals surface area contributed by atoms with Gasteiger partial charge in [0.05, 0.1) is 12.9 Å². The first-order valence-electron chi connectivity index (χ1n) is 6.18. The Bertz CT molecular complexity index is 604. The molecule has 0 unspecified atom stereocenters. The number of hydrogen-bond acceptors (Lipinski definition) is 6. The van der Waals surface area contributed by atoms with Gasteiger partial charge in [-0.25, -0.2) is 4.98 Å². The van der Waals surface area contributed by atoms with E-state index in [4.69, 9.17) is 0 Å². The molecule has 0 aliphatic heterocycles. The minimum absolute atomic E-state index is 0.0280. The van der Waals surface area contributed by atoms with Crippen molar-refractivity contribution >= 4 is 28.8 Å². The second kappa shape index (κ2) is 4.71. The molecule has 2 aromatic heterocycles. The summed E-state index contributed by atoms with van der Waals surface area (Å²) in [7, 11) is 1.73. The standard InChI is InChI=1S/C11H15N7O/c1-12-11-17-9(8-10(18-11)15-5-14-8)13-4-7(19)16-6-2-3-6/h5-6H,2-4H2,1H3,(H,16,19)(H3,12,13,14,15,17,18). The van der Waals surface area contributed by atoms with E-state index in [1.165, 1.54) is 0 Å². The van der Waals surface area contributed by atoms with E-state index in [1.807, 2.05) is 0 Å². The maximum Gasteiger partial charge on any atom is 0.239 e. The second-order valence-electron chi connectivity index (χ2n) is 4.44. The number of H-pyrrole nitrogens is 1. The van der Waals surface area contributed by atoms with Crippen LogP contribution in [-0.4, -0.2) is 45.5 Å². The second-order valence-corrected chi connectivity index (χ2v) is 4.44. The Balaban J connectivity index is 1.74. The summed E-state index contributed by atoms with van der Waals surface area (Å²) >= 11 is 0. The number of fused-ring (bicyclic) bond motifs is 1. The van der Waals surface area contributed by atoms with Gasteiger partial charge >= 0.3 is 0 Å². The molecule has 8 heteroatoms. The molecule has 2 aromatic rings. The van der Waals surface area contributed by atoms with E-state index < -0.39 is 0 Å². The molecule has 1 fully saturated rings. The number of carbonyl (C=O) groups is 1. The molecule has 8 nitrogen and oxygen atoms in total. The number of aromatic amines is 1. The summed E-state index contributed by atoms with van der Waals surface area (Å²) in [5, 5.41) is 8.78. The van der Waals surface area contributed by atoms with Gasteiger partial charge in [0.25, 0.3) is 0 Å². The monoisotopic (exact) mass is 261 g/mol. The lowest BCUT2D eigenvalue weighted by Crippen LogP contribution is -2.31. The molecule has 0 radical (unpaired) electrons. The number of nitrogens with zero attached hydrogens (tertiary/aromatic N) is 3. The fourth-order valence-electron chi connectivity index (χ4n) is 1.74. The van der Waals surface area contributed by atoms with Crippen molar-refractivity contribution in [3.05, 3.63) is 6.33 Å². The first-order chi connectivity index (χ1) is 9.26. The molecule has 0 aromatic carbocycles. The first-order valence-corrected chi connectivity index (χ1v) is 6.18. The van der Waals surface area contributed by atoms with Crippen LogP contribution in [0.2, 0.25) is 0 Å². The van der Waals surface area contributed by atoms with Gasteiger partial charge in [-0.3, -0.25) is 4.79 Å². The highest BCUT2D eigenvalue weighted by molar-refractivity contribution is 5.87. The van der Waals surface area contributed by atoms with Crippen molar-refractivity contribution in [1.29, 1.82) is 0 Å². The Morgan fingerprint density at radius 2 is 2.32 bits per heavy atom. The number of amides is 1. The number of anilines is 2. The van der Waals surface area contributed by atoms with E-state index in [9.17, 15) is 4.79 Å². The molecular weight excluding hydrogens is 246 g/mol. The van der Waals surface area contributed by atoms with E-state index >= 15 is 0 Å². The number of rotatable bonds is 5. The van der Waals surface area contributed by atoms with Crippen molar-refractivity contribution in [3.63, 3.8) is 0 Å². The van der Waals surface area contributed by atoms with Gasteiger partial charge in [0.2, 0.25) is 11.9 Å². The molecule has 3 rings (SSSR count). The summed E-state index contributed by atoms with van der Waals surface area (Å²) in [5.74, 6) is 1.00. The molecule has 0 spiro atoms. The lowest BCUT2D eigenvalue weighted by Gasteiger charge is -2.08. The molecule has 4 N–H and O–H groups in total. The van der Waals surface area contributed by atoms with Crippen LogP contribution in [0.5, 0.6) is 0 Å². The molecule has 1 saturated carbocycles. The molecule has 2 heterocycles. The fourth-order valence-corrected chi connectivity index (χ4v) is 1.74. The van der Waals surface area contributed by atoms with Crippen LogP contribution in [0.1, 0.15) is 12.8 Å². The molecule has 100 valence electrons. The highest BCUT2D eigenvalue weighted by atomic mass is 16.2. The summed E-state index contributed by atoms with van der Waals surface area (Å²) in [4.78, 5) is 27.2. The predicted molar refractivity (Wildman–Crippen MR) is 70.9 cm³/mol. The molecule has 1 aliphatic carbocycles. The molecule has 0 bridgehead atoms. The van der Waals surface area contributed by atoms with Crippen molar-refractivity contribution in [2.75, 3.05) is 24.2 Å². The lowest BCUT2D eigenvalue weighted by molar-refractivity contribution is -0.119. The smallest absolute Gasteiger partial charge is 0.239 e. The van der Waals surface area contributed by atoms with Crippen LogP contribution in [0, 0.1) is 0 Å². The average Bonchev–Trinajstić information content (AvgIpc) is 3.09. The fraction of sp³-hybridized carbons (Fsp3) is 0.455. The van der Waals surface area contributed by atoms with E-state index in [0.29, 0.717) is 29.0 Å². The van der Waals surface area contributed by atoms with Gasteiger partial charge in [-0.05, 0) is 12.8 Å². The Hall–Kier alpha value is -2.38. The number of carbonyl (C=O) groups excluding carboxylic acids is 1. The van der Waals surface area contributed by atoms with Crippen LogP contribution in [-0.2, 0) is 4.79 Å².